The number of nitrogens with two attached hydrogens (primary N) is 1. The second kappa shape index (κ2) is 5.69. The van der Waals surface area contributed by atoms with Crippen molar-refractivity contribution in [1.82, 2.24) is 9.88 Å². The lowest BCUT2D eigenvalue weighted by atomic mass is 10.2. The van der Waals surface area contributed by atoms with Gasteiger partial charge in [-0.25, -0.2) is 4.98 Å². The Labute approximate surface area is 116 Å². The lowest BCUT2D eigenvalue weighted by molar-refractivity contribution is 0.316. The molecule has 1 heterocycles. The van der Waals surface area contributed by atoms with Crippen molar-refractivity contribution in [3.63, 3.8) is 0 Å². The zero-order valence-electron chi connectivity index (χ0n) is 10.5. The fourth-order valence-electron chi connectivity index (χ4n) is 1.82. The topological polar surface area (TPSA) is 42.2 Å². The van der Waals surface area contributed by atoms with Crippen LogP contribution in [0.5, 0.6) is 0 Å². The number of nitrogen functional groups attached to an aromatic ring is 1. The summed E-state index contributed by atoms with van der Waals surface area (Å²) in [7, 11) is 2.05. The molecule has 0 atom stereocenters. The van der Waals surface area contributed by atoms with E-state index in [0.29, 0.717) is 0 Å². The molecule has 0 aliphatic carbocycles. The lowest BCUT2D eigenvalue weighted by Gasteiger charge is -2.16. The maximum Gasteiger partial charge on any atom is 0.0897 e. The quantitative estimate of drug-likeness (QED) is 0.874. The van der Waals surface area contributed by atoms with Gasteiger partial charge in [0, 0.05) is 29.2 Å². The van der Waals surface area contributed by atoms with Gasteiger partial charge >= 0.3 is 0 Å². The van der Waals surface area contributed by atoms with Gasteiger partial charge in [-0.1, -0.05) is 11.6 Å². The first-order valence-corrected chi connectivity index (χ1v) is 6.94. The van der Waals surface area contributed by atoms with Gasteiger partial charge < -0.3 is 5.73 Å². The van der Waals surface area contributed by atoms with Crippen molar-refractivity contribution in [2.45, 2.75) is 20.0 Å². The first kappa shape index (κ1) is 13.3. The first-order chi connectivity index (χ1) is 8.54. The average Bonchev–Trinajstić information content (AvgIpc) is 2.69. The molecule has 1 aromatic heterocycles. The zero-order chi connectivity index (χ0) is 13.1. The predicted octanol–water partition coefficient (Wildman–Crippen LogP) is 3.32. The molecule has 0 spiro atoms. The van der Waals surface area contributed by atoms with E-state index < -0.39 is 0 Å². The molecule has 0 unspecified atom stereocenters. The summed E-state index contributed by atoms with van der Waals surface area (Å²) in [5, 5.41) is 3.94. The third kappa shape index (κ3) is 3.45. The SMILES string of the molecule is Cc1nc(CN(C)Cc2cc(N)ccc2Cl)cs1. The van der Waals surface area contributed by atoms with Gasteiger partial charge in [-0.3, -0.25) is 4.90 Å². The molecule has 2 N–H and O–H groups in total. The number of anilines is 1. The van der Waals surface area contributed by atoms with Crippen molar-refractivity contribution in [3.05, 3.63) is 44.9 Å². The number of rotatable bonds is 4. The van der Waals surface area contributed by atoms with E-state index in [1.54, 1.807) is 11.3 Å². The molecule has 0 fully saturated rings. The number of aromatic nitrogens is 1. The molecule has 2 rings (SSSR count). The maximum atomic E-state index is 6.15. The van der Waals surface area contributed by atoms with Crippen LogP contribution >= 0.6 is 22.9 Å². The Bertz CT molecular complexity index is 539. The molecule has 1 aromatic carbocycles. The normalized spacial score (nSPS) is 11.1. The Balaban J connectivity index is 2.02. The van der Waals surface area contributed by atoms with E-state index in [9.17, 15) is 0 Å². The standard InChI is InChI=1S/C13H16ClN3S/c1-9-16-12(8-18-9)7-17(2)6-10-5-11(15)3-4-13(10)14/h3-5,8H,6-7,15H2,1-2H3. The van der Waals surface area contributed by atoms with Crippen molar-refractivity contribution in [3.8, 4) is 0 Å². The van der Waals surface area contributed by atoms with Crippen LogP contribution in [0.25, 0.3) is 0 Å². The third-order valence-corrected chi connectivity index (χ3v) is 3.80. The number of benzene rings is 1. The van der Waals surface area contributed by atoms with Gasteiger partial charge in [-0.05, 0) is 37.7 Å². The summed E-state index contributed by atoms with van der Waals surface area (Å²) >= 11 is 7.83. The third-order valence-electron chi connectivity index (χ3n) is 2.61. The van der Waals surface area contributed by atoms with Crippen LogP contribution < -0.4 is 5.73 Å². The van der Waals surface area contributed by atoms with E-state index in [4.69, 9.17) is 17.3 Å². The Morgan fingerprint density at radius 3 is 2.83 bits per heavy atom. The molecule has 0 amide bonds. The summed E-state index contributed by atoms with van der Waals surface area (Å²) < 4.78 is 0. The summed E-state index contributed by atoms with van der Waals surface area (Å²) in [5.41, 5.74) is 8.66. The number of nitrogens with zero attached hydrogens (tertiary/aromatic N) is 2. The molecule has 0 saturated carbocycles. The largest absolute Gasteiger partial charge is 0.399 e. The Kier molecular flexibility index (Phi) is 4.22. The highest BCUT2D eigenvalue weighted by Gasteiger charge is 2.07. The summed E-state index contributed by atoms with van der Waals surface area (Å²) in [4.78, 5) is 6.63. The molecule has 0 aliphatic heterocycles. The molecule has 0 saturated heterocycles. The summed E-state index contributed by atoms with van der Waals surface area (Å²) in [6.45, 7) is 3.60. The fourth-order valence-corrected chi connectivity index (χ4v) is 2.60. The van der Waals surface area contributed by atoms with E-state index in [1.807, 2.05) is 32.2 Å². The molecule has 96 valence electrons. The van der Waals surface area contributed by atoms with E-state index in [1.165, 1.54) is 0 Å². The summed E-state index contributed by atoms with van der Waals surface area (Å²) in [6.07, 6.45) is 0. The number of aryl methyl sites for hydroxylation is 1. The highest BCUT2D eigenvalue weighted by molar-refractivity contribution is 7.09. The number of hydrogen-bond acceptors (Lipinski definition) is 4. The minimum atomic E-state index is 0.743. The molecule has 0 radical (unpaired) electrons. The predicted molar refractivity (Wildman–Crippen MR) is 77.9 cm³/mol. The molecule has 2 aromatic rings. The smallest absolute Gasteiger partial charge is 0.0897 e. The molecular formula is C13H16ClN3S. The van der Waals surface area contributed by atoms with Crippen LogP contribution in [0, 0.1) is 6.92 Å². The Morgan fingerprint density at radius 1 is 1.39 bits per heavy atom. The zero-order valence-corrected chi connectivity index (χ0v) is 12.1. The highest BCUT2D eigenvalue weighted by Crippen LogP contribution is 2.21. The van der Waals surface area contributed by atoms with E-state index in [0.717, 1.165) is 40.1 Å². The van der Waals surface area contributed by atoms with Crippen LogP contribution in [0.15, 0.2) is 23.6 Å². The van der Waals surface area contributed by atoms with Gasteiger partial charge in [-0.2, -0.15) is 0 Å². The van der Waals surface area contributed by atoms with Crippen molar-refractivity contribution in [2.24, 2.45) is 0 Å². The maximum absolute atomic E-state index is 6.15. The van der Waals surface area contributed by atoms with Gasteiger partial charge in [0.1, 0.15) is 0 Å². The lowest BCUT2D eigenvalue weighted by Crippen LogP contribution is -2.17. The minimum absolute atomic E-state index is 0.743. The van der Waals surface area contributed by atoms with Gasteiger partial charge in [0.2, 0.25) is 0 Å². The van der Waals surface area contributed by atoms with Crippen LogP contribution in [0.3, 0.4) is 0 Å². The average molecular weight is 282 g/mol. The molecule has 0 aliphatic rings. The summed E-state index contributed by atoms with van der Waals surface area (Å²) in [6, 6.07) is 5.58. The van der Waals surface area contributed by atoms with Gasteiger partial charge in [0.25, 0.3) is 0 Å². The fraction of sp³-hybridized carbons (Fsp3) is 0.308. The first-order valence-electron chi connectivity index (χ1n) is 5.68. The van der Waals surface area contributed by atoms with Crippen LogP contribution in [-0.4, -0.2) is 16.9 Å². The van der Waals surface area contributed by atoms with Crippen molar-refractivity contribution < 1.29 is 0 Å². The summed E-state index contributed by atoms with van der Waals surface area (Å²) in [5.74, 6) is 0. The van der Waals surface area contributed by atoms with Crippen LogP contribution in [0.2, 0.25) is 5.02 Å². The van der Waals surface area contributed by atoms with Crippen LogP contribution in [-0.2, 0) is 13.1 Å². The number of thiazole rings is 1. The van der Waals surface area contributed by atoms with Crippen LogP contribution in [0.1, 0.15) is 16.3 Å². The molecule has 3 nitrogen and oxygen atoms in total. The van der Waals surface area contributed by atoms with Gasteiger partial charge in [0.15, 0.2) is 0 Å². The van der Waals surface area contributed by atoms with Crippen molar-refractivity contribution in [2.75, 3.05) is 12.8 Å². The molecule has 5 heteroatoms. The van der Waals surface area contributed by atoms with Crippen LogP contribution in [0.4, 0.5) is 5.69 Å². The number of hydrogen-bond donors (Lipinski definition) is 1. The molecule has 0 bridgehead atoms. The van der Waals surface area contributed by atoms with Gasteiger partial charge in [0.05, 0.1) is 10.7 Å². The second-order valence-corrected chi connectivity index (χ2v) is 5.85. The Hall–Kier alpha value is -1.10. The highest BCUT2D eigenvalue weighted by atomic mass is 35.5. The van der Waals surface area contributed by atoms with E-state index >= 15 is 0 Å². The van der Waals surface area contributed by atoms with E-state index in [2.05, 4.69) is 15.3 Å². The number of halogens is 1. The monoisotopic (exact) mass is 281 g/mol. The van der Waals surface area contributed by atoms with Crippen molar-refractivity contribution in [1.29, 1.82) is 0 Å². The van der Waals surface area contributed by atoms with Gasteiger partial charge in [-0.15, -0.1) is 11.3 Å². The molecular weight excluding hydrogens is 266 g/mol. The second-order valence-electron chi connectivity index (χ2n) is 4.38. The minimum Gasteiger partial charge on any atom is -0.399 e. The van der Waals surface area contributed by atoms with E-state index in [-0.39, 0.29) is 0 Å². The van der Waals surface area contributed by atoms with Crippen molar-refractivity contribution >= 4 is 28.6 Å². The Morgan fingerprint density at radius 2 is 2.17 bits per heavy atom. The molecule has 18 heavy (non-hydrogen) atoms.